The fourth-order valence-corrected chi connectivity index (χ4v) is 2.68. The summed E-state index contributed by atoms with van der Waals surface area (Å²) >= 11 is 0. The Balaban J connectivity index is -0.000000293. The van der Waals surface area contributed by atoms with Gasteiger partial charge in [-0.3, -0.25) is 4.21 Å². The molecule has 0 aromatic rings. The molecule has 0 saturated heterocycles. The largest absolute Gasteiger partial charge is 0.761 e. The molecule has 9 heteroatoms. The van der Waals surface area contributed by atoms with Gasteiger partial charge >= 0.3 is 0 Å². The summed E-state index contributed by atoms with van der Waals surface area (Å²) in [6, 6.07) is 0. The zero-order chi connectivity index (χ0) is 20.7. The molecule has 0 aliphatic rings. The van der Waals surface area contributed by atoms with Crippen LogP contribution in [0.15, 0.2) is 0 Å². The molecular formula is C16H40N2O5S2. The van der Waals surface area contributed by atoms with Crippen molar-refractivity contribution in [2.75, 3.05) is 52.4 Å². The van der Waals surface area contributed by atoms with Crippen LogP contribution in [0.3, 0.4) is 0 Å². The SMILES string of the molecule is CC[N+](CC)(CC)CC.CC[N+](CC)(CC)CC.O=S([O-])S(=O)(=O)[O-]. The van der Waals surface area contributed by atoms with E-state index in [1.807, 2.05) is 0 Å². The molecule has 1 unspecified atom stereocenters. The molecule has 0 heterocycles. The lowest BCUT2D eigenvalue weighted by atomic mass is 10.3. The normalized spacial score (nSPS) is 13.2. The molecule has 0 rings (SSSR count). The van der Waals surface area contributed by atoms with Crippen LogP contribution in [0, 0.1) is 0 Å². The molecule has 0 radical (unpaired) electrons. The summed E-state index contributed by atoms with van der Waals surface area (Å²) in [6.45, 7) is 28.4. The van der Waals surface area contributed by atoms with Crippen molar-refractivity contribution in [1.82, 2.24) is 0 Å². The molecule has 0 saturated carbocycles. The van der Waals surface area contributed by atoms with Crippen molar-refractivity contribution < 1.29 is 30.7 Å². The van der Waals surface area contributed by atoms with E-state index in [1.54, 1.807) is 0 Å². The average molecular weight is 405 g/mol. The Morgan fingerprint density at radius 3 is 0.760 bits per heavy atom. The van der Waals surface area contributed by atoms with Gasteiger partial charge < -0.3 is 18.1 Å². The van der Waals surface area contributed by atoms with Crippen LogP contribution in [0.5, 0.6) is 0 Å². The summed E-state index contributed by atoms with van der Waals surface area (Å²) < 4.78 is 48.3. The second kappa shape index (κ2) is 15.0. The van der Waals surface area contributed by atoms with Crippen molar-refractivity contribution in [3.63, 3.8) is 0 Å². The van der Waals surface area contributed by atoms with Crippen LogP contribution >= 0.6 is 0 Å². The highest BCUT2D eigenvalue weighted by Gasteiger charge is 2.16. The quantitative estimate of drug-likeness (QED) is 0.254. The Hall–Kier alpha value is -0.0600. The molecule has 0 N–H and O–H groups in total. The monoisotopic (exact) mass is 404 g/mol. The van der Waals surface area contributed by atoms with Gasteiger partial charge in [-0.05, 0) is 55.4 Å². The zero-order valence-corrected chi connectivity index (χ0v) is 19.0. The number of quaternary nitrogens is 2. The standard InChI is InChI=1S/2C8H20N.H2O5S2/c2*1-5-9(6-2,7-3)8-4;1-6(2)7(3,4)5/h2*5-8H2,1-4H3;(H,1,2)(H,3,4,5)/q2*+1;/p-2. The lowest BCUT2D eigenvalue weighted by Crippen LogP contribution is -2.47. The Morgan fingerprint density at radius 2 is 0.760 bits per heavy atom. The van der Waals surface area contributed by atoms with Crippen molar-refractivity contribution in [3.05, 3.63) is 0 Å². The van der Waals surface area contributed by atoms with Crippen LogP contribution in [-0.2, 0) is 19.3 Å². The van der Waals surface area contributed by atoms with E-state index in [0.29, 0.717) is 0 Å². The number of nitrogens with zero attached hydrogens (tertiary/aromatic N) is 2. The van der Waals surface area contributed by atoms with E-state index in [0.717, 1.165) is 0 Å². The highest BCUT2D eigenvalue weighted by atomic mass is 33.2. The summed E-state index contributed by atoms with van der Waals surface area (Å²) in [6.07, 6.45) is 0. The predicted molar refractivity (Wildman–Crippen MR) is 103 cm³/mol. The van der Waals surface area contributed by atoms with Crippen molar-refractivity contribution in [3.8, 4) is 0 Å². The Bertz CT molecular complexity index is 379. The Kier molecular flexibility index (Phi) is 17.9. The molecule has 0 fully saturated rings. The maximum Gasteiger partial charge on any atom is 0.165 e. The summed E-state index contributed by atoms with van der Waals surface area (Å²) in [5.41, 5.74) is 0. The molecule has 0 aromatic heterocycles. The van der Waals surface area contributed by atoms with Crippen LogP contribution in [0.4, 0.5) is 0 Å². The number of hydrogen-bond acceptors (Lipinski definition) is 5. The van der Waals surface area contributed by atoms with E-state index in [-0.39, 0.29) is 0 Å². The van der Waals surface area contributed by atoms with Gasteiger partial charge in [0.2, 0.25) is 0 Å². The first kappa shape index (κ1) is 29.7. The van der Waals surface area contributed by atoms with Crippen molar-refractivity contribution in [1.29, 1.82) is 0 Å². The topological polar surface area (TPSA) is 97.3 Å². The molecule has 25 heavy (non-hydrogen) atoms. The van der Waals surface area contributed by atoms with Crippen molar-refractivity contribution in [2.24, 2.45) is 0 Å². The van der Waals surface area contributed by atoms with Crippen molar-refractivity contribution in [2.45, 2.75) is 55.4 Å². The van der Waals surface area contributed by atoms with E-state index in [1.165, 1.54) is 61.3 Å². The second-order valence-electron chi connectivity index (χ2n) is 5.83. The summed E-state index contributed by atoms with van der Waals surface area (Å²) in [4.78, 5) is 0. The lowest BCUT2D eigenvalue weighted by molar-refractivity contribution is -0.921. The van der Waals surface area contributed by atoms with Crippen LogP contribution in [0.25, 0.3) is 0 Å². The van der Waals surface area contributed by atoms with Gasteiger partial charge in [-0.25, -0.2) is 8.42 Å². The maximum absolute atomic E-state index is 9.16. The molecule has 0 aliphatic heterocycles. The van der Waals surface area contributed by atoms with Crippen molar-refractivity contribution >= 4 is 19.3 Å². The van der Waals surface area contributed by atoms with Gasteiger partial charge in [0.25, 0.3) is 0 Å². The van der Waals surface area contributed by atoms with Gasteiger partial charge in [-0.1, -0.05) is 0 Å². The second-order valence-corrected chi connectivity index (χ2v) is 9.09. The Morgan fingerprint density at radius 1 is 0.640 bits per heavy atom. The van der Waals surface area contributed by atoms with E-state index in [4.69, 9.17) is 21.7 Å². The minimum Gasteiger partial charge on any atom is -0.761 e. The van der Waals surface area contributed by atoms with Crippen LogP contribution in [-0.4, -0.2) is 83.1 Å². The average Bonchev–Trinajstić information content (AvgIpc) is 2.60. The molecule has 7 nitrogen and oxygen atoms in total. The minimum absolute atomic E-state index is 1.28. The van der Waals surface area contributed by atoms with Crippen LogP contribution < -0.4 is 0 Å². The predicted octanol–water partition coefficient (Wildman–Crippen LogP) is 2.09. The first-order valence-corrected chi connectivity index (χ1v) is 12.2. The first-order chi connectivity index (χ1) is 11.4. The fourth-order valence-electron chi connectivity index (χ4n) is 2.68. The van der Waals surface area contributed by atoms with E-state index >= 15 is 0 Å². The third-order valence-corrected chi connectivity index (χ3v) is 6.87. The third-order valence-electron chi connectivity index (χ3n) is 5.53. The van der Waals surface area contributed by atoms with Gasteiger partial charge in [0.1, 0.15) is 0 Å². The molecule has 1 atom stereocenters. The summed E-state index contributed by atoms with van der Waals surface area (Å²) in [5, 5.41) is 0. The first-order valence-electron chi connectivity index (χ1n) is 9.19. The molecule has 0 bridgehead atoms. The smallest absolute Gasteiger partial charge is 0.165 e. The van der Waals surface area contributed by atoms with Gasteiger partial charge in [0.15, 0.2) is 9.15 Å². The third kappa shape index (κ3) is 12.9. The maximum atomic E-state index is 9.16. The molecule has 156 valence electrons. The molecule has 0 spiro atoms. The number of hydrogen-bond donors (Lipinski definition) is 0. The van der Waals surface area contributed by atoms with Gasteiger partial charge in [0, 0.05) is 0 Å². The number of rotatable bonds is 9. The highest BCUT2D eigenvalue weighted by Crippen LogP contribution is 2.03. The van der Waals surface area contributed by atoms with Gasteiger partial charge in [0.05, 0.1) is 62.5 Å². The van der Waals surface area contributed by atoms with Gasteiger partial charge in [-0.2, -0.15) is 0 Å². The molecule has 0 amide bonds. The van der Waals surface area contributed by atoms with Gasteiger partial charge in [-0.15, -0.1) is 0 Å². The minimum atomic E-state index is -5.07. The highest BCUT2D eigenvalue weighted by molar-refractivity contribution is 8.59. The van der Waals surface area contributed by atoms with Crippen LogP contribution in [0.1, 0.15) is 55.4 Å². The zero-order valence-electron chi connectivity index (χ0n) is 17.4. The van der Waals surface area contributed by atoms with E-state index in [9.17, 15) is 0 Å². The molecular weight excluding hydrogens is 364 g/mol. The lowest BCUT2D eigenvalue weighted by Gasteiger charge is -2.34. The summed E-state index contributed by atoms with van der Waals surface area (Å²) in [7, 11) is -8.59. The fraction of sp³-hybridized carbons (Fsp3) is 1.00. The van der Waals surface area contributed by atoms with E-state index in [2.05, 4.69) is 55.4 Å². The van der Waals surface area contributed by atoms with Crippen LogP contribution in [0.2, 0.25) is 0 Å². The molecule has 0 aliphatic carbocycles. The Labute approximate surface area is 158 Å². The van der Waals surface area contributed by atoms with E-state index < -0.39 is 19.3 Å². The summed E-state index contributed by atoms with van der Waals surface area (Å²) in [5.74, 6) is 0. The molecule has 0 aromatic carbocycles.